The number of ether oxygens (including phenoxy) is 3. The molecule has 2 aliphatic rings. The van der Waals surface area contributed by atoms with Gasteiger partial charge in [-0.2, -0.15) is 0 Å². The number of nitrogens with one attached hydrogen (secondary N) is 2. The predicted molar refractivity (Wildman–Crippen MR) is 239 cm³/mol. The Labute approximate surface area is 357 Å². The molecular formula is C47H69N7O6. The van der Waals surface area contributed by atoms with E-state index in [9.17, 15) is 14.4 Å². The average Bonchev–Trinajstić information content (AvgIpc) is 3.26. The number of piperidine rings is 1. The molecule has 2 saturated heterocycles. The fraction of sp³-hybridized carbons (Fsp3) is 0.596. The summed E-state index contributed by atoms with van der Waals surface area (Å²) in [6.45, 7) is 19.3. The van der Waals surface area contributed by atoms with E-state index in [1.807, 2.05) is 49.4 Å². The molecule has 13 nitrogen and oxygen atoms in total. The maximum Gasteiger partial charge on any atom is 0.251 e. The van der Waals surface area contributed by atoms with Gasteiger partial charge < -0.3 is 39.5 Å². The van der Waals surface area contributed by atoms with Gasteiger partial charge in [-0.3, -0.25) is 14.4 Å². The van der Waals surface area contributed by atoms with Gasteiger partial charge in [0, 0.05) is 93.5 Å². The van der Waals surface area contributed by atoms with E-state index in [1.165, 1.54) is 33.1 Å². The number of aryl methyl sites for hydroxylation is 1. The third-order valence-corrected chi connectivity index (χ3v) is 11.4. The molecule has 5 rings (SSSR count). The number of likely N-dealkylation sites (tertiary alicyclic amines) is 1. The lowest BCUT2D eigenvalue weighted by Gasteiger charge is -2.33. The lowest BCUT2D eigenvalue weighted by molar-refractivity contribution is 0.0356. The molecule has 1 unspecified atom stereocenters. The second kappa shape index (κ2) is 24.7. The quantitative estimate of drug-likeness (QED) is 0.0663. The van der Waals surface area contributed by atoms with Crippen LogP contribution in [0.5, 0.6) is 0 Å². The van der Waals surface area contributed by atoms with Crippen LogP contribution in [0.15, 0.2) is 48.5 Å². The number of nitrogens with zero attached hydrogens (tertiary/aromatic N) is 5. The smallest absolute Gasteiger partial charge is 0.251 e. The monoisotopic (exact) mass is 828 g/mol. The first-order valence-corrected chi connectivity index (χ1v) is 22.3. The van der Waals surface area contributed by atoms with Crippen LogP contribution >= 0.6 is 0 Å². The van der Waals surface area contributed by atoms with Crippen molar-refractivity contribution in [2.24, 2.45) is 0 Å². The fourth-order valence-corrected chi connectivity index (χ4v) is 7.88. The number of amides is 1. The number of Topliss-reactive ketones (excluding diaryl/α,β-unsaturated/α-hetero) is 2. The van der Waals surface area contributed by atoms with Crippen molar-refractivity contribution in [1.82, 2.24) is 20.2 Å². The Morgan fingerprint density at radius 1 is 0.867 bits per heavy atom. The van der Waals surface area contributed by atoms with Crippen molar-refractivity contribution in [3.8, 4) is 0 Å². The van der Waals surface area contributed by atoms with Crippen LogP contribution in [0.25, 0.3) is 0 Å². The van der Waals surface area contributed by atoms with Gasteiger partial charge in [0.2, 0.25) is 0 Å². The Kier molecular flexibility index (Phi) is 19.2. The topological polar surface area (TPSA) is 138 Å². The molecule has 60 heavy (non-hydrogen) atoms. The van der Waals surface area contributed by atoms with Crippen LogP contribution in [-0.4, -0.2) is 124 Å². The number of unbranched alkanes of at least 4 members (excludes halogenated alkanes) is 3. The molecule has 1 aromatic heterocycles. The number of benzene rings is 2. The number of ketones is 2. The van der Waals surface area contributed by atoms with Crippen molar-refractivity contribution < 1.29 is 28.6 Å². The van der Waals surface area contributed by atoms with Crippen LogP contribution in [0, 0.1) is 0 Å². The Morgan fingerprint density at radius 2 is 1.60 bits per heavy atom. The molecule has 0 saturated carbocycles. The number of carbonyl (C=O) groups is 3. The third kappa shape index (κ3) is 14.4. The Balaban J connectivity index is 1.04. The van der Waals surface area contributed by atoms with Crippen LogP contribution in [0.4, 0.5) is 17.2 Å². The van der Waals surface area contributed by atoms with E-state index >= 15 is 0 Å². The Morgan fingerprint density at radius 3 is 2.28 bits per heavy atom. The zero-order chi connectivity index (χ0) is 42.7. The number of carbonyl (C=O) groups excluding carboxylic acids is 3. The maximum atomic E-state index is 13.4. The second-order valence-electron chi connectivity index (χ2n) is 16.0. The number of anilines is 3. The SMILES string of the molecule is CCCCCCN(CC)c1cc(C(C)NC(=O)c2ccc(N3CCOCC3)cc2)nc(CCCOCCOCCN2CCC(Nc3cccc(C(C)=O)c3C(C)=O)CC2)n1. The minimum absolute atomic E-state index is 0.0989. The van der Waals surface area contributed by atoms with E-state index < -0.39 is 0 Å². The molecule has 1 amide bonds. The van der Waals surface area contributed by atoms with Crippen molar-refractivity contribution in [3.05, 3.63) is 76.7 Å². The first kappa shape index (κ1) is 46.6. The van der Waals surface area contributed by atoms with Gasteiger partial charge >= 0.3 is 0 Å². The molecule has 0 aliphatic carbocycles. The summed E-state index contributed by atoms with van der Waals surface area (Å²) < 4.78 is 17.3. The molecule has 2 aliphatic heterocycles. The van der Waals surface area contributed by atoms with E-state index in [0.29, 0.717) is 49.5 Å². The van der Waals surface area contributed by atoms with E-state index in [2.05, 4.69) is 39.2 Å². The highest BCUT2D eigenvalue weighted by molar-refractivity contribution is 6.10. The average molecular weight is 828 g/mol. The first-order valence-electron chi connectivity index (χ1n) is 22.3. The summed E-state index contributed by atoms with van der Waals surface area (Å²) in [6, 6.07) is 15.2. The summed E-state index contributed by atoms with van der Waals surface area (Å²) in [5, 5.41) is 6.71. The summed E-state index contributed by atoms with van der Waals surface area (Å²) in [4.78, 5) is 54.8. The van der Waals surface area contributed by atoms with Crippen LogP contribution in [-0.2, 0) is 20.6 Å². The number of hydrogen-bond acceptors (Lipinski definition) is 12. The normalized spacial score (nSPS) is 15.4. The largest absolute Gasteiger partial charge is 0.382 e. The van der Waals surface area contributed by atoms with Gasteiger partial charge in [0.15, 0.2) is 11.6 Å². The van der Waals surface area contributed by atoms with Crippen LogP contribution in [0.3, 0.4) is 0 Å². The van der Waals surface area contributed by atoms with Gasteiger partial charge in [-0.05, 0) is 83.7 Å². The number of morpholine rings is 1. The summed E-state index contributed by atoms with van der Waals surface area (Å²) in [5.74, 6) is 1.34. The van der Waals surface area contributed by atoms with Gasteiger partial charge in [-0.15, -0.1) is 0 Å². The van der Waals surface area contributed by atoms with Gasteiger partial charge in [0.1, 0.15) is 11.6 Å². The molecule has 328 valence electrons. The standard InChI is InChI=1S/C47H69N7O6/c1-6-8-9-10-22-53(7-2)45-34-43(35(3)48-47(57)38-16-18-40(19-17-38)54-26-30-59-31-27-54)50-44(51-45)15-12-28-58-32-33-60-29-25-52-23-20-39(21-24-52)49-42-14-11-13-41(36(4)55)46(42)37(5)56/h11,13-14,16-19,34-35,39,49H,6-10,12,15,20-33H2,1-5H3,(H,48,57). The molecule has 2 fully saturated rings. The molecule has 0 radical (unpaired) electrons. The van der Waals surface area contributed by atoms with Gasteiger partial charge in [0.25, 0.3) is 5.91 Å². The molecule has 3 aromatic rings. The van der Waals surface area contributed by atoms with Gasteiger partial charge in [-0.25, -0.2) is 9.97 Å². The number of rotatable bonds is 25. The van der Waals surface area contributed by atoms with Crippen molar-refractivity contribution in [3.63, 3.8) is 0 Å². The lowest BCUT2D eigenvalue weighted by atomic mass is 9.97. The molecule has 0 spiro atoms. The predicted octanol–water partition coefficient (Wildman–Crippen LogP) is 7.16. The lowest BCUT2D eigenvalue weighted by Crippen LogP contribution is -2.40. The second-order valence-corrected chi connectivity index (χ2v) is 16.0. The summed E-state index contributed by atoms with van der Waals surface area (Å²) in [5.41, 5.74) is 4.23. The first-order chi connectivity index (χ1) is 29.2. The zero-order valence-electron chi connectivity index (χ0n) is 36.8. The number of aromatic nitrogens is 2. The summed E-state index contributed by atoms with van der Waals surface area (Å²) >= 11 is 0. The van der Waals surface area contributed by atoms with E-state index in [1.54, 1.807) is 6.07 Å². The van der Waals surface area contributed by atoms with Gasteiger partial charge in [-0.1, -0.05) is 38.3 Å². The summed E-state index contributed by atoms with van der Waals surface area (Å²) in [6.07, 6.45) is 8.07. The van der Waals surface area contributed by atoms with Crippen molar-refractivity contribution >= 4 is 34.7 Å². The van der Waals surface area contributed by atoms with E-state index in [0.717, 1.165) is 113 Å². The molecule has 0 bridgehead atoms. The highest BCUT2D eigenvalue weighted by atomic mass is 16.5. The summed E-state index contributed by atoms with van der Waals surface area (Å²) in [7, 11) is 0. The molecule has 1 atom stereocenters. The van der Waals surface area contributed by atoms with Crippen LogP contribution in [0.1, 0.15) is 128 Å². The zero-order valence-corrected chi connectivity index (χ0v) is 36.8. The minimum atomic E-state index is -0.301. The molecule has 13 heteroatoms. The van der Waals surface area contributed by atoms with E-state index in [4.69, 9.17) is 24.2 Å². The van der Waals surface area contributed by atoms with Crippen LogP contribution < -0.4 is 20.4 Å². The third-order valence-electron chi connectivity index (χ3n) is 11.4. The Bertz CT molecular complexity index is 1790. The fourth-order valence-electron chi connectivity index (χ4n) is 7.88. The Hall–Kier alpha value is -4.43. The molecule has 3 heterocycles. The van der Waals surface area contributed by atoms with Gasteiger partial charge in [0.05, 0.1) is 50.3 Å². The molecule has 2 aromatic carbocycles. The van der Waals surface area contributed by atoms with Crippen molar-refractivity contribution in [2.45, 2.75) is 98.1 Å². The highest BCUT2D eigenvalue weighted by Crippen LogP contribution is 2.25. The molecule has 2 N–H and O–H groups in total. The maximum absolute atomic E-state index is 13.4. The number of hydrogen-bond donors (Lipinski definition) is 2. The van der Waals surface area contributed by atoms with E-state index in [-0.39, 0.29) is 29.6 Å². The van der Waals surface area contributed by atoms with Crippen molar-refractivity contribution in [1.29, 1.82) is 0 Å². The van der Waals surface area contributed by atoms with Crippen molar-refractivity contribution in [2.75, 3.05) is 101 Å². The van der Waals surface area contributed by atoms with Crippen LogP contribution in [0.2, 0.25) is 0 Å². The highest BCUT2D eigenvalue weighted by Gasteiger charge is 2.23. The molecular weight excluding hydrogens is 759 g/mol. The minimum Gasteiger partial charge on any atom is -0.382 e.